The summed E-state index contributed by atoms with van der Waals surface area (Å²) in [5.74, 6) is 1.67. The third-order valence-corrected chi connectivity index (χ3v) is 6.11. The molecule has 3 aromatic rings. The molecule has 0 bridgehead atoms. The van der Waals surface area contributed by atoms with Gasteiger partial charge in [-0.1, -0.05) is 40.2 Å². The second-order valence-corrected chi connectivity index (χ2v) is 8.35. The molecule has 2 aromatic carbocycles. The fraction of sp³-hybridized carbons (Fsp3) is 0.261. The van der Waals surface area contributed by atoms with Gasteiger partial charge < -0.3 is 9.64 Å². The minimum atomic E-state index is -0.231. The van der Waals surface area contributed by atoms with E-state index in [1.54, 1.807) is 19.4 Å². The molecule has 6 nitrogen and oxygen atoms in total. The van der Waals surface area contributed by atoms with Gasteiger partial charge in [0.05, 0.1) is 41.9 Å². The van der Waals surface area contributed by atoms with Gasteiger partial charge in [-0.2, -0.15) is 10.4 Å². The Bertz CT molecular complexity index is 1100. The second kappa shape index (κ2) is 8.72. The molecule has 0 radical (unpaired) electrons. The zero-order valence-electron chi connectivity index (χ0n) is 16.6. The average Bonchev–Trinajstić information content (AvgIpc) is 3.15. The molecule has 1 aromatic heterocycles. The number of nitrogens with zero attached hydrogens (tertiary/aromatic N) is 4. The third kappa shape index (κ3) is 4.10. The minimum Gasteiger partial charge on any atom is -0.497 e. The van der Waals surface area contributed by atoms with Gasteiger partial charge in [-0.15, -0.1) is 0 Å². The highest BCUT2D eigenvalue weighted by molar-refractivity contribution is 9.10. The van der Waals surface area contributed by atoms with Gasteiger partial charge in [-0.25, -0.2) is 4.68 Å². The molecule has 4 rings (SSSR count). The lowest BCUT2D eigenvalue weighted by molar-refractivity contribution is 0.0992. The monoisotopic (exact) mass is 464 g/mol. The number of nitriles is 1. The number of anilines is 1. The third-order valence-electron chi connectivity index (χ3n) is 5.23. The topological polar surface area (TPSA) is 71.2 Å². The summed E-state index contributed by atoms with van der Waals surface area (Å²) in [5, 5.41) is 13.8. The van der Waals surface area contributed by atoms with Crippen LogP contribution in [-0.4, -0.2) is 34.0 Å². The van der Waals surface area contributed by atoms with Crippen molar-refractivity contribution in [3.05, 3.63) is 77.0 Å². The molecular weight excluding hydrogens is 444 g/mol. The van der Waals surface area contributed by atoms with Gasteiger partial charge in [0.25, 0.3) is 0 Å². The number of carbonyl (C=O) groups excluding carboxylic acids is 1. The van der Waals surface area contributed by atoms with Crippen LogP contribution in [0.5, 0.6) is 5.75 Å². The van der Waals surface area contributed by atoms with Crippen molar-refractivity contribution in [1.82, 2.24) is 9.78 Å². The quantitative estimate of drug-likeness (QED) is 0.529. The lowest BCUT2D eigenvalue weighted by Gasteiger charge is -2.25. The number of halogens is 1. The number of rotatable bonds is 5. The first kappa shape index (κ1) is 20.2. The van der Waals surface area contributed by atoms with Crippen LogP contribution in [0.1, 0.15) is 33.5 Å². The fourth-order valence-corrected chi connectivity index (χ4v) is 4.15. The zero-order chi connectivity index (χ0) is 21.1. The maximum atomic E-state index is 12.9. The molecule has 1 aliphatic heterocycles. The normalized spacial score (nSPS) is 16.0. The number of benzene rings is 2. The largest absolute Gasteiger partial charge is 0.497 e. The van der Waals surface area contributed by atoms with Gasteiger partial charge in [-0.05, 0) is 41.8 Å². The van der Waals surface area contributed by atoms with Crippen molar-refractivity contribution >= 4 is 27.5 Å². The molecule has 0 aliphatic carbocycles. The predicted molar refractivity (Wildman–Crippen MR) is 118 cm³/mol. The van der Waals surface area contributed by atoms with E-state index >= 15 is 0 Å². The maximum Gasteiger partial charge on any atom is 0.181 e. The van der Waals surface area contributed by atoms with Crippen molar-refractivity contribution in [1.29, 1.82) is 5.26 Å². The average molecular weight is 465 g/mol. The van der Waals surface area contributed by atoms with Crippen LogP contribution in [-0.2, 0) is 13.1 Å². The van der Waals surface area contributed by atoms with Gasteiger partial charge in [0.1, 0.15) is 11.6 Å². The van der Waals surface area contributed by atoms with E-state index in [2.05, 4.69) is 32.0 Å². The Morgan fingerprint density at radius 2 is 2.00 bits per heavy atom. The van der Waals surface area contributed by atoms with Crippen molar-refractivity contribution in [3.8, 4) is 11.8 Å². The van der Waals surface area contributed by atoms with Crippen molar-refractivity contribution in [2.45, 2.75) is 24.3 Å². The smallest absolute Gasteiger partial charge is 0.181 e. The lowest BCUT2D eigenvalue weighted by Crippen LogP contribution is -2.27. The number of hydrogen-bond acceptors (Lipinski definition) is 5. The van der Waals surface area contributed by atoms with E-state index in [1.807, 2.05) is 47.1 Å². The summed E-state index contributed by atoms with van der Waals surface area (Å²) in [6, 6.07) is 17.6. The van der Waals surface area contributed by atoms with Crippen molar-refractivity contribution < 1.29 is 9.53 Å². The number of aromatic nitrogens is 2. The molecular formula is C23H21BrN4O2. The highest BCUT2D eigenvalue weighted by atomic mass is 79.9. The SMILES string of the molecule is COc1ccc(Cn2ncc3c2N(Cc2cccc(C#N)c2)CCC(Br)C3=O)cc1. The molecule has 0 N–H and O–H groups in total. The van der Waals surface area contributed by atoms with E-state index in [0.29, 0.717) is 37.2 Å². The molecule has 1 aliphatic rings. The van der Waals surface area contributed by atoms with Gasteiger partial charge in [0.15, 0.2) is 5.78 Å². The number of ketones is 1. The molecule has 0 saturated carbocycles. The molecule has 0 saturated heterocycles. The predicted octanol–water partition coefficient (Wildman–Crippen LogP) is 4.17. The Balaban J connectivity index is 1.69. The van der Waals surface area contributed by atoms with Crippen molar-refractivity contribution in [2.75, 3.05) is 18.6 Å². The minimum absolute atomic E-state index is 0.0549. The summed E-state index contributed by atoms with van der Waals surface area (Å²) in [6.45, 7) is 1.86. The number of alkyl halides is 1. The number of carbonyl (C=O) groups is 1. The number of hydrogen-bond donors (Lipinski definition) is 0. The maximum absolute atomic E-state index is 12.9. The summed E-state index contributed by atoms with van der Waals surface area (Å²) >= 11 is 3.53. The molecule has 1 unspecified atom stereocenters. The van der Waals surface area contributed by atoms with Crippen LogP contribution in [0.2, 0.25) is 0 Å². The Morgan fingerprint density at radius 3 is 2.73 bits per heavy atom. The van der Waals surface area contributed by atoms with Gasteiger partial charge in [-0.3, -0.25) is 4.79 Å². The Morgan fingerprint density at radius 1 is 1.20 bits per heavy atom. The van der Waals surface area contributed by atoms with Crippen LogP contribution in [0.15, 0.2) is 54.7 Å². The summed E-state index contributed by atoms with van der Waals surface area (Å²) < 4.78 is 7.12. The molecule has 0 fully saturated rings. The molecule has 7 heteroatoms. The zero-order valence-corrected chi connectivity index (χ0v) is 18.2. The first-order valence-corrected chi connectivity index (χ1v) is 10.6. The van der Waals surface area contributed by atoms with Crippen molar-refractivity contribution in [2.24, 2.45) is 0 Å². The molecule has 2 heterocycles. The second-order valence-electron chi connectivity index (χ2n) is 7.24. The van der Waals surface area contributed by atoms with E-state index in [9.17, 15) is 10.1 Å². The summed E-state index contributed by atoms with van der Waals surface area (Å²) in [4.78, 5) is 14.8. The molecule has 1 atom stereocenters. The van der Waals surface area contributed by atoms with E-state index in [-0.39, 0.29) is 10.6 Å². The first-order chi connectivity index (χ1) is 14.6. The Kier molecular flexibility index (Phi) is 5.86. The molecule has 0 spiro atoms. The summed E-state index contributed by atoms with van der Waals surface area (Å²) in [5.41, 5.74) is 3.35. The van der Waals surface area contributed by atoms with Crippen LogP contribution in [0.3, 0.4) is 0 Å². The Labute approximate surface area is 183 Å². The van der Waals surface area contributed by atoms with Crippen LogP contribution < -0.4 is 9.64 Å². The number of ether oxygens (including phenoxy) is 1. The van der Waals surface area contributed by atoms with E-state index < -0.39 is 0 Å². The van der Waals surface area contributed by atoms with E-state index in [1.165, 1.54) is 0 Å². The first-order valence-electron chi connectivity index (χ1n) is 9.70. The molecule has 152 valence electrons. The van der Waals surface area contributed by atoms with Crippen LogP contribution >= 0.6 is 15.9 Å². The Hall–Kier alpha value is -3.11. The summed E-state index contributed by atoms with van der Waals surface area (Å²) in [7, 11) is 1.64. The highest BCUT2D eigenvalue weighted by Crippen LogP contribution is 2.31. The number of Topliss-reactive ketones (excluding diaryl/α,β-unsaturated/α-hetero) is 1. The van der Waals surface area contributed by atoms with Crippen LogP contribution in [0.25, 0.3) is 0 Å². The highest BCUT2D eigenvalue weighted by Gasteiger charge is 2.31. The molecule has 30 heavy (non-hydrogen) atoms. The van der Waals surface area contributed by atoms with Crippen LogP contribution in [0, 0.1) is 11.3 Å². The van der Waals surface area contributed by atoms with E-state index in [4.69, 9.17) is 4.74 Å². The number of fused-ring (bicyclic) bond motifs is 1. The van der Waals surface area contributed by atoms with Gasteiger partial charge >= 0.3 is 0 Å². The molecule has 0 amide bonds. The van der Waals surface area contributed by atoms with Crippen LogP contribution in [0.4, 0.5) is 5.82 Å². The van der Waals surface area contributed by atoms with Crippen molar-refractivity contribution in [3.63, 3.8) is 0 Å². The standard InChI is InChI=1S/C23H21BrN4O2/c1-30-19-7-5-16(6-8-19)15-28-23-20(13-26-28)22(29)21(24)9-10-27(23)14-18-4-2-3-17(11-18)12-25/h2-8,11,13,21H,9-10,14-15H2,1H3. The lowest BCUT2D eigenvalue weighted by atomic mass is 10.1. The summed E-state index contributed by atoms with van der Waals surface area (Å²) in [6.07, 6.45) is 2.37. The fourth-order valence-electron chi connectivity index (χ4n) is 3.69. The van der Waals surface area contributed by atoms with Gasteiger partial charge in [0.2, 0.25) is 0 Å². The van der Waals surface area contributed by atoms with Gasteiger partial charge in [0, 0.05) is 13.1 Å². The van der Waals surface area contributed by atoms with E-state index in [0.717, 1.165) is 22.7 Å². The number of methoxy groups -OCH3 is 1.